The molecule has 0 aliphatic rings. The van der Waals surface area contributed by atoms with Crippen LogP contribution in [-0.4, -0.2) is 23.2 Å². The maximum atomic E-state index is 13.1. The lowest BCUT2D eigenvalue weighted by Gasteiger charge is -2.26. The highest BCUT2D eigenvalue weighted by Crippen LogP contribution is 2.62. The third-order valence-corrected chi connectivity index (χ3v) is 7.99. The Kier molecular flexibility index (Phi) is 8.42. The Bertz CT molecular complexity index is 468. The van der Waals surface area contributed by atoms with Gasteiger partial charge >= 0.3 is 7.60 Å². The molecule has 0 bridgehead atoms. The molecule has 1 aromatic rings. The van der Waals surface area contributed by atoms with Crippen LogP contribution in [0.15, 0.2) is 30.3 Å². The first-order chi connectivity index (χ1) is 10.1. The summed E-state index contributed by atoms with van der Waals surface area (Å²) in [6.07, 6.45) is 1.77. The summed E-state index contributed by atoms with van der Waals surface area (Å²) >= 11 is 0. The molecule has 120 valence electrons. The number of rotatable bonds is 10. The van der Waals surface area contributed by atoms with Gasteiger partial charge in [-0.15, -0.1) is 0 Å². The van der Waals surface area contributed by atoms with Crippen LogP contribution in [0.4, 0.5) is 0 Å². The molecule has 21 heavy (non-hydrogen) atoms. The van der Waals surface area contributed by atoms with Gasteiger partial charge in [-0.3, -0.25) is 8.77 Å². The van der Waals surface area contributed by atoms with Gasteiger partial charge in [0.2, 0.25) is 0 Å². The fraction of sp³-hybridized carbons (Fsp3) is 0.600. The van der Waals surface area contributed by atoms with Crippen molar-refractivity contribution < 1.29 is 17.8 Å². The van der Waals surface area contributed by atoms with Crippen molar-refractivity contribution in [3.63, 3.8) is 0 Å². The quantitative estimate of drug-likeness (QED) is 0.592. The minimum Gasteiger partial charge on any atom is -0.308 e. The van der Waals surface area contributed by atoms with Gasteiger partial charge in [0, 0.05) is 16.6 Å². The maximum Gasteiger partial charge on any atom is 0.350 e. The molecule has 0 saturated carbocycles. The van der Waals surface area contributed by atoms with Crippen molar-refractivity contribution in [1.82, 2.24) is 0 Å². The summed E-state index contributed by atoms with van der Waals surface area (Å²) in [4.78, 5) is -0.717. The zero-order valence-electron chi connectivity index (χ0n) is 13.0. The summed E-state index contributed by atoms with van der Waals surface area (Å²) < 4.78 is 36.6. The lowest BCUT2D eigenvalue weighted by atomic mass is 10.2. The SMILES string of the molecule is CCCCS(=O)C(c1ccccc1)P(=O)(OCC)OCC. The second kappa shape index (κ2) is 9.52. The summed E-state index contributed by atoms with van der Waals surface area (Å²) in [7, 11) is -4.74. The van der Waals surface area contributed by atoms with Crippen LogP contribution in [0.1, 0.15) is 44.2 Å². The normalized spacial score (nSPS) is 14.8. The third kappa shape index (κ3) is 5.33. The molecule has 0 spiro atoms. The van der Waals surface area contributed by atoms with Crippen molar-refractivity contribution in [2.45, 2.75) is 38.6 Å². The second-order valence-corrected chi connectivity index (χ2v) is 8.68. The molecule has 0 heterocycles. The maximum absolute atomic E-state index is 13.1. The van der Waals surface area contributed by atoms with Gasteiger partial charge in [0.1, 0.15) is 0 Å². The average molecular weight is 332 g/mol. The Labute approximate surface area is 130 Å². The van der Waals surface area contributed by atoms with Crippen LogP contribution in [0, 0.1) is 0 Å². The molecule has 0 aromatic heterocycles. The van der Waals surface area contributed by atoms with Crippen LogP contribution in [0.2, 0.25) is 0 Å². The fourth-order valence-electron chi connectivity index (χ4n) is 2.03. The van der Waals surface area contributed by atoms with E-state index in [1.165, 1.54) is 0 Å². The van der Waals surface area contributed by atoms with Crippen LogP contribution < -0.4 is 0 Å². The summed E-state index contributed by atoms with van der Waals surface area (Å²) in [5.74, 6) is 0.500. The zero-order valence-corrected chi connectivity index (χ0v) is 14.7. The molecule has 0 radical (unpaired) electrons. The van der Waals surface area contributed by atoms with E-state index in [9.17, 15) is 8.77 Å². The number of benzene rings is 1. The van der Waals surface area contributed by atoms with E-state index in [1.54, 1.807) is 13.8 Å². The minimum atomic E-state index is -3.45. The third-order valence-electron chi connectivity index (χ3n) is 2.94. The highest BCUT2D eigenvalue weighted by Gasteiger charge is 2.40. The molecule has 0 amide bonds. The molecule has 1 rings (SSSR count). The highest BCUT2D eigenvalue weighted by molar-refractivity contribution is 7.92. The van der Waals surface area contributed by atoms with Gasteiger partial charge in [0.25, 0.3) is 0 Å². The Morgan fingerprint density at radius 2 is 1.67 bits per heavy atom. The second-order valence-electron chi connectivity index (χ2n) is 4.58. The van der Waals surface area contributed by atoms with Gasteiger partial charge in [-0.05, 0) is 25.8 Å². The van der Waals surface area contributed by atoms with E-state index in [4.69, 9.17) is 9.05 Å². The molecule has 1 aromatic carbocycles. The monoisotopic (exact) mass is 332 g/mol. The molecule has 2 atom stereocenters. The molecule has 0 aliphatic heterocycles. The summed E-state index contributed by atoms with van der Waals surface area (Å²) in [6.45, 7) is 6.11. The molecule has 0 aliphatic carbocycles. The first-order valence-corrected chi connectivity index (χ1v) is 10.4. The largest absolute Gasteiger partial charge is 0.350 e. The Hall–Kier alpha value is -0.480. The van der Waals surface area contributed by atoms with E-state index in [1.807, 2.05) is 37.3 Å². The van der Waals surface area contributed by atoms with Crippen molar-refractivity contribution >= 4 is 18.4 Å². The molecule has 0 N–H and O–H groups in total. The summed E-state index contributed by atoms with van der Waals surface area (Å²) in [5.41, 5.74) is 0.747. The number of hydrogen-bond donors (Lipinski definition) is 0. The van der Waals surface area contributed by atoms with Gasteiger partial charge < -0.3 is 9.05 Å². The first kappa shape index (κ1) is 18.6. The van der Waals surface area contributed by atoms with E-state index in [0.29, 0.717) is 5.75 Å². The van der Waals surface area contributed by atoms with Crippen molar-refractivity contribution in [3.8, 4) is 0 Å². The van der Waals surface area contributed by atoms with Crippen molar-refractivity contribution in [2.24, 2.45) is 0 Å². The van der Waals surface area contributed by atoms with Crippen molar-refractivity contribution in [2.75, 3.05) is 19.0 Å². The summed E-state index contributed by atoms with van der Waals surface area (Å²) in [6, 6.07) is 9.24. The zero-order chi connectivity index (χ0) is 15.7. The summed E-state index contributed by atoms with van der Waals surface area (Å²) in [5, 5.41) is 0. The Morgan fingerprint density at radius 3 is 2.14 bits per heavy atom. The first-order valence-electron chi connectivity index (χ1n) is 7.39. The Balaban J connectivity index is 3.16. The molecule has 0 saturated heterocycles. The van der Waals surface area contributed by atoms with E-state index in [2.05, 4.69) is 0 Å². The van der Waals surface area contributed by atoms with Crippen LogP contribution in [0.3, 0.4) is 0 Å². The van der Waals surface area contributed by atoms with Gasteiger partial charge in [0.05, 0.1) is 13.2 Å². The predicted molar refractivity (Wildman–Crippen MR) is 88.0 cm³/mol. The van der Waals surface area contributed by atoms with E-state index in [-0.39, 0.29) is 13.2 Å². The van der Waals surface area contributed by atoms with Gasteiger partial charge in [-0.1, -0.05) is 43.7 Å². The highest BCUT2D eigenvalue weighted by atomic mass is 32.2. The van der Waals surface area contributed by atoms with Crippen LogP contribution in [-0.2, 0) is 24.4 Å². The molecule has 2 unspecified atom stereocenters. The average Bonchev–Trinajstić information content (AvgIpc) is 2.47. The number of hydrogen-bond acceptors (Lipinski definition) is 4. The molecule has 0 fully saturated rings. The lowest BCUT2D eigenvalue weighted by Crippen LogP contribution is -2.14. The van der Waals surface area contributed by atoms with E-state index < -0.39 is 23.4 Å². The van der Waals surface area contributed by atoms with E-state index in [0.717, 1.165) is 18.4 Å². The fourth-order valence-corrected chi connectivity index (χ4v) is 6.72. The van der Waals surface area contributed by atoms with Crippen molar-refractivity contribution in [1.29, 1.82) is 0 Å². The van der Waals surface area contributed by atoms with E-state index >= 15 is 0 Å². The molecule has 6 heteroatoms. The lowest BCUT2D eigenvalue weighted by molar-refractivity contribution is 0.218. The molecular weight excluding hydrogens is 307 g/mol. The van der Waals surface area contributed by atoms with Crippen LogP contribution in [0.5, 0.6) is 0 Å². The van der Waals surface area contributed by atoms with Crippen molar-refractivity contribution in [3.05, 3.63) is 35.9 Å². The van der Waals surface area contributed by atoms with Crippen LogP contribution in [0.25, 0.3) is 0 Å². The molecule has 4 nitrogen and oxygen atoms in total. The van der Waals surface area contributed by atoms with Gasteiger partial charge in [-0.25, -0.2) is 0 Å². The van der Waals surface area contributed by atoms with Gasteiger partial charge in [-0.2, -0.15) is 0 Å². The Morgan fingerprint density at radius 1 is 1.10 bits per heavy atom. The minimum absolute atomic E-state index is 0.269. The standard InChI is InChI=1S/C15H25O4PS/c1-4-7-13-21(17)15(14-11-9-8-10-12-14)20(16,18-5-2)19-6-3/h8-12,15H,4-7,13H2,1-3H3. The smallest absolute Gasteiger partial charge is 0.308 e. The number of unbranched alkanes of at least 4 members (excludes halogenated alkanes) is 1. The van der Waals surface area contributed by atoms with Crippen LogP contribution >= 0.6 is 7.60 Å². The predicted octanol–water partition coefficient (Wildman–Crippen LogP) is 4.50. The van der Waals surface area contributed by atoms with Gasteiger partial charge in [0.15, 0.2) is 4.99 Å². The topological polar surface area (TPSA) is 52.6 Å². The molecular formula is C15H25O4PS.